The van der Waals surface area contributed by atoms with Gasteiger partial charge in [-0.1, -0.05) is 0 Å². The molecule has 0 aliphatic heterocycles. The summed E-state index contributed by atoms with van der Waals surface area (Å²) in [4.78, 5) is 28.9. The molecule has 0 bridgehead atoms. The van der Waals surface area contributed by atoms with E-state index in [1.165, 1.54) is 0 Å². The summed E-state index contributed by atoms with van der Waals surface area (Å²) in [6, 6.07) is 7.49. The molecule has 0 saturated heterocycles. The molecule has 0 radical (unpaired) electrons. The Kier molecular flexibility index (Phi) is 5.76. The third-order valence-corrected chi connectivity index (χ3v) is 6.03. The first-order valence-corrected chi connectivity index (χ1v) is 11.8. The number of benzene rings is 1. The number of carbonyl (C=O) groups excluding carboxylic acids is 2. The van der Waals surface area contributed by atoms with E-state index in [1.54, 1.807) is 25.6 Å². The van der Waals surface area contributed by atoms with Crippen LogP contribution in [0.15, 0.2) is 30.6 Å². The van der Waals surface area contributed by atoms with E-state index < -0.39 is 5.97 Å². The average Bonchev–Trinajstić information content (AvgIpc) is 3.77. The van der Waals surface area contributed by atoms with Gasteiger partial charge < -0.3 is 0 Å². The number of carbonyl (C=O) groups is 2. The Morgan fingerprint density at radius 3 is 2.67 bits per heavy atom. The fraction of sp³-hybridized carbons (Fsp3) is 0.333. The van der Waals surface area contributed by atoms with E-state index in [9.17, 15) is 9.59 Å². The Morgan fingerprint density at radius 2 is 1.97 bits per heavy atom. The average molecular weight is 500 g/mol. The van der Waals surface area contributed by atoms with Gasteiger partial charge in [-0.05, 0) is 12.8 Å². The molecule has 0 atom stereocenters. The first-order chi connectivity index (χ1) is 16.1. The second kappa shape index (κ2) is 8.86. The van der Waals surface area contributed by atoms with Crippen molar-refractivity contribution < 1.29 is 36.6 Å². The molecule has 2 fully saturated rings. The van der Waals surface area contributed by atoms with E-state index in [0.717, 1.165) is 25.7 Å². The molecule has 2 aliphatic carbocycles. The zero-order chi connectivity index (χ0) is 22.9. The van der Waals surface area contributed by atoms with Gasteiger partial charge in [0, 0.05) is 0 Å². The van der Waals surface area contributed by atoms with Gasteiger partial charge in [0.05, 0.1) is 0 Å². The number of nitrogens with one attached hydrogen (secondary N) is 2. The van der Waals surface area contributed by atoms with Crippen molar-refractivity contribution in [3.63, 3.8) is 0 Å². The molecular formula is C21H20N7O4Zn. The number of methoxy groups -OCH3 is 1. The number of rotatable bonds is 8. The van der Waals surface area contributed by atoms with Gasteiger partial charge in [-0.25, -0.2) is 0 Å². The molecular weight excluding hydrogens is 480 g/mol. The number of nitrogens with zero attached hydrogens (tertiary/aromatic N) is 5. The van der Waals surface area contributed by atoms with Crippen molar-refractivity contribution in [3.8, 4) is 17.1 Å². The third-order valence-electron chi connectivity index (χ3n) is 5.48. The van der Waals surface area contributed by atoms with Gasteiger partial charge in [0.1, 0.15) is 0 Å². The normalized spacial score (nSPS) is 15.1. The van der Waals surface area contributed by atoms with Crippen LogP contribution in [-0.4, -0.2) is 43.9 Å². The molecule has 2 aliphatic rings. The summed E-state index contributed by atoms with van der Waals surface area (Å²) >= 11 is 0.314. The number of anilines is 3. The van der Waals surface area contributed by atoms with E-state index in [4.69, 9.17) is 8.30 Å². The molecule has 2 saturated carbocycles. The van der Waals surface area contributed by atoms with Crippen LogP contribution in [0.4, 0.5) is 17.2 Å². The van der Waals surface area contributed by atoms with E-state index in [-0.39, 0.29) is 23.3 Å². The number of ether oxygens (including phenoxy) is 1. The molecule has 3 aromatic rings. The van der Waals surface area contributed by atoms with Gasteiger partial charge in [-0.15, -0.1) is 0 Å². The van der Waals surface area contributed by atoms with Crippen LogP contribution in [0, 0.1) is 5.92 Å². The SMILES string of the molecule is COc1c(Nc2cc(NC(=O)C3CC3)nnc2C(=O)[O][Zn])cccc1-c1ncn(C2CC2)n1. The molecule has 0 spiro atoms. The topological polar surface area (TPSA) is 133 Å². The zero-order valence-corrected chi connectivity index (χ0v) is 20.9. The van der Waals surface area contributed by atoms with E-state index in [0.29, 0.717) is 53.2 Å². The van der Waals surface area contributed by atoms with Crippen molar-refractivity contribution in [1.82, 2.24) is 25.0 Å². The number of hydrogen-bond donors (Lipinski definition) is 2. The standard InChI is InChI=1S/C21H21N7O4.Zn/c1-32-18-13(19-22-10-28(27-19)12-7-8-12)3-2-4-14(18)23-15-9-16(24-20(29)11-5-6-11)25-26-17(15)21(30)31;/h2-4,9-12H,5-8H2,1H3,(H,30,31)(H2,23,24,25,29);/q;+1/p-1. The summed E-state index contributed by atoms with van der Waals surface area (Å²) in [5.74, 6) is 0.600. The van der Waals surface area contributed by atoms with Crippen LogP contribution in [0.1, 0.15) is 42.2 Å². The van der Waals surface area contributed by atoms with Gasteiger partial charge in [-0.3, -0.25) is 0 Å². The molecule has 165 valence electrons. The molecule has 2 aromatic heterocycles. The summed E-state index contributed by atoms with van der Waals surface area (Å²) < 4.78 is 12.5. The predicted octanol–water partition coefficient (Wildman–Crippen LogP) is 2.79. The maximum atomic E-state index is 12.3. The maximum absolute atomic E-state index is 12.3. The van der Waals surface area contributed by atoms with Crippen LogP contribution < -0.4 is 15.4 Å². The third kappa shape index (κ3) is 4.56. The first-order valence-electron chi connectivity index (χ1n) is 10.6. The van der Waals surface area contributed by atoms with Crippen molar-refractivity contribution in [2.24, 2.45) is 5.92 Å². The minimum atomic E-state index is -0.606. The van der Waals surface area contributed by atoms with Crippen LogP contribution in [0.5, 0.6) is 5.75 Å². The Hall–Kier alpha value is -3.40. The molecule has 2 heterocycles. The van der Waals surface area contributed by atoms with Crippen molar-refractivity contribution in [1.29, 1.82) is 0 Å². The molecule has 5 rings (SSSR count). The quantitative estimate of drug-likeness (QED) is 0.449. The van der Waals surface area contributed by atoms with Crippen LogP contribution >= 0.6 is 0 Å². The monoisotopic (exact) mass is 498 g/mol. The summed E-state index contributed by atoms with van der Waals surface area (Å²) in [5.41, 5.74) is 1.62. The molecule has 1 aromatic carbocycles. The van der Waals surface area contributed by atoms with Crippen LogP contribution in [0.3, 0.4) is 0 Å². The Labute approximate surface area is 199 Å². The van der Waals surface area contributed by atoms with Crippen molar-refractivity contribution >= 4 is 29.1 Å². The molecule has 12 heteroatoms. The van der Waals surface area contributed by atoms with E-state index in [2.05, 4.69) is 30.9 Å². The second-order valence-electron chi connectivity index (χ2n) is 7.98. The Morgan fingerprint density at radius 1 is 1.15 bits per heavy atom. The van der Waals surface area contributed by atoms with Crippen LogP contribution in [0.2, 0.25) is 0 Å². The molecule has 33 heavy (non-hydrogen) atoms. The zero-order valence-electron chi connectivity index (χ0n) is 17.9. The van der Waals surface area contributed by atoms with Gasteiger partial charge in [0.15, 0.2) is 0 Å². The number of hydrogen-bond acceptors (Lipinski definition) is 9. The van der Waals surface area contributed by atoms with E-state index >= 15 is 0 Å². The van der Waals surface area contributed by atoms with Crippen LogP contribution in [-0.2, 0) is 27.0 Å². The Bertz CT molecular complexity index is 1220. The van der Waals surface area contributed by atoms with E-state index in [1.807, 2.05) is 16.8 Å². The van der Waals surface area contributed by atoms with Gasteiger partial charge >= 0.3 is 187 Å². The number of para-hydroxylation sites is 1. The van der Waals surface area contributed by atoms with Crippen LogP contribution in [0.25, 0.3) is 11.4 Å². The first kappa shape index (κ1) is 21.4. The summed E-state index contributed by atoms with van der Waals surface area (Å²) in [7, 11) is 1.56. The fourth-order valence-corrected chi connectivity index (χ4v) is 3.72. The predicted molar refractivity (Wildman–Crippen MR) is 112 cm³/mol. The van der Waals surface area contributed by atoms with Crippen molar-refractivity contribution in [2.45, 2.75) is 31.7 Å². The van der Waals surface area contributed by atoms with Crippen molar-refractivity contribution in [2.75, 3.05) is 17.7 Å². The van der Waals surface area contributed by atoms with Crippen molar-refractivity contribution in [3.05, 3.63) is 36.3 Å². The minimum absolute atomic E-state index is 0.00798. The number of aromatic nitrogens is 5. The van der Waals surface area contributed by atoms with Gasteiger partial charge in [-0.2, -0.15) is 0 Å². The number of amides is 1. The molecule has 0 unspecified atom stereocenters. The fourth-order valence-electron chi connectivity index (χ4n) is 3.43. The van der Waals surface area contributed by atoms with Gasteiger partial charge in [0.2, 0.25) is 0 Å². The molecule has 2 N–H and O–H groups in total. The second-order valence-corrected chi connectivity index (χ2v) is 8.58. The molecule has 11 nitrogen and oxygen atoms in total. The summed E-state index contributed by atoms with van der Waals surface area (Å²) in [6.07, 6.45) is 5.67. The Balaban J connectivity index is 1.49. The van der Waals surface area contributed by atoms with Gasteiger partial charge in [0.25, 0.3) is 0 Å². The summed E-state index contributed by atoms with van der Waals surface area (Å²) in [6.45, 7) is 0. The molecule has 1 amide bonds. The summed E-state index contributed by atoms with van der Waals surface area (Å²) in [5, 5.41) is 18.5.